The first-order valence-corrected chi connectivity index (χ1v) is 2.42. The lowest BCUT2D eigenvalue weighted by atomic mass is 11.3. The lowest BCUT2D eigenvalue weighted by Gasteiger charge is -1.97. The molecule has 0 bridgehead atoms. The highest BCUT2D eigenvalue weighted by molar-refractivity contribution is 7.98. The normalized spacial score (nSPS) is 9.00. The summed E-state index contributed by atoms with van der Waals surface area (Å²) in [7, 11) is 0. The van der Waals surface area contributed by atoms with E-state index in [4.69, 9.17) is 5.11 Å². The molecule has 0 aliphatic carbocycles. The van der Waals surface area contributed by atoms with E-state index >= 15 is 0 Å². The van der Waals surface area contributed by atoms with E-state index in [1.54, 1.807) is 0 Å². The Morgan fingerprint density at radius 2 is 2.14 bits per heavy atom. The molecule has 1 N–H and O–H groups in total. The first-order valence-electron chi connectivity index (χ1n) is 1.38. The molecule has 0 saturated heterocycles. The van der Waals surface area contributed by atoms with Gasteiger partial charge in [0.15, 0.2) is 4.77 Å². The molecule has 0 rings (SSSR count). The summed E-state index contributed by atoms with van der Waals surface area (Å²) in [5.41, 5.74) is 0. The van der Waals surface area contributed by atoms with E-state index in [0.717, 1.165) is 0 Å². The molecule has 0 heterocycles. The zero-order valence-electron chi connectivity index (χ0n) is 3.24. The Bertz CT molecular complexity index is 71.3. The highest BCUT2D eigenvalue weighted by Gasteiger charge is 1.98. The van der Waals surface area contributed by atoms with Crippen LogP contribution in [0.2, 0.25) is 0 Å². The van der Waals surface area contributed by atoms with Gasteiger partial charge in [0.2, 0.25) is 0 Å². The van der Waals surface area contributed by atoms with E-state index in [9.17, 15) is 4.79 Å². The molecule has 0 saturated carbocycles. The van der Waals surface area contributed by atoms with Crippen molar-refractivity contribution < 1.29 is 14.6 Å². The highest BCUT2D eigenvalue weighted by atomic mass is 32.2. The van der Waals surface area contributed by atoms with Crippen LogP contribution in [0.1, 0.15) is 0 Å². The summed E-state index contributed by atoms with van der Waals surface area (Å²) in [5.74, 6) is 0. The fourth-order valence-electron chi connectivity index (χ4n) is 0.0902. The minimum Gasteiger partial charge on any atom is -0.450 e. The molecule has 0 spiro atoms. The summed E-state index contributed by atoms with van der Waals surface area (Å²) >= 11 is 7.00. The van der Waals surface area contributed by atoms with Gasteiger partial charge in [-0.1, -0.05) is 0 Å². The number of hydrogen-bond acceptors (Lipinski definition) is 4. The number of rotatable bonds is 1. The summed E-state index contributed by atoms with van der Waals surface area (Å²) in [6.45, 7) is 0. The first-order chi connectivity index (χ1) is 3.13. The zero-order valence-corrected chi connectivity index (χ0v) is 5.02. The fraction of sp³-hybridized carbons (Fsp3) is 0.500. The maximum absolute atomic E-state index is 9.49. The Morgan fingerprint density at radius 1 is 1.71 bits per heavy atom. The molecule has 0 aliphatic rings. The van der Waals surface area contributed by atoms with Crippen LogP contribution in [-0.4, -0.2) is 16.0 Å². The van der Waals surface area contributed by atoms with Gasteiger partial charge in [0, 0.05) is 0 Å². The van der Waals surface area contributed by atoms with Crippen molar-refractivity contribution in [2.45, 2.75) is 4.77 Å². The third-order valence-corrected chi connectivity index (χ3v) is 0.417. The van der Waals surface area contributed by atoms with E-state index in [-0.39, 0.29) is 0 Å². The van der Waals surface area contributed by atoms with E-state index in [1.165, 1.54) is 0 Å². The van der Waals surface area contributed by atoms with Crippen LogP contribution in [0.3, 0.4) is 0 Å². The molecule has 3 nitrogen and oxygen atoms in total. The van der Waals surface area contributed by atoms with Crippen molar-refractivity contribution in [3.05, 3.63) is 0 Å². The Hall–Kier alpha value is -0.0300. The predicted octanol–water partition coefficient (Wildman–Crippen LogP) is 0.824. The van der Waals surface area contributed by atoms with Gasteiger partial charge in [-0.3, -0.25) is 0 Å². The van der Waals surface area contributed by atoms with E-state index in [2.05, 4.69) is 30.0 Å². The number of ether oxygens (including phenoxy) is 1. The molecule has 42 valence electrons. The standard InChI is InChI=1S/C2H4O3S2/c3-1(4)5-2(6)7/h2,6-7H,(H,3,4). The van der Waals surface area contributed by atoms with Crippen LogP contribution in [0.5, 0.6) is 0 Å². The van der Waals surface area contributed by atoms with Gasteiger partial charge in [0.1, 0.15) is 0 Å². The van der Waals surface area contributed by atoms with Gasteiger partial charge >= 0.3 is 6.16 Å². The summed E-state index contributed by atoms with van der Waals surface area (Å²) in [4.78, 5) is 9.49. The molecule has 0 radical (unpaired) electrons. The van der Waals surface area contributed by atoms with Crippen LogP contribution >= 0.6 is 25.3 Å². The number of thiol groups is 2. The molecule has 0 fully saturated rings. The quantitative estimate of drug-likeness (QED) is 0.287. The second-order valence-electron chi connectivity index (χ2n) is 0.710. The summed E-state index contributed by atoms with van der Waals surface area (Å²) in [6.07, 6.45) is -1.37. The van der Waals surface area contributed by atoms with Crippen LogP contribution < -0.4 is 0 Å². The topological polar surface area (TPSA) is 46.5 Å². The van der Waals surface area contributed by atoms with Gasteiger partial charge in [0.25, 0.3) is 0 Å². The van der Waals surface area contributed by atoms with Crippen LogP contribution in [0.4, 0.5) is 4.79 Å². The van der Waals surface area contributed by atoms with Crippen molar-refractivity contribution in [1.29, 1.82) is 0 Å². The molecule has 0 aromatic carbocycles. The van der Waals surface area contributed by atoms with Crippen molar-refractivity contribution in [2.75, 3.05) is 0 Å². The van der Waals surface area contributed by atoms with Crippen molar-refractivity contribution in [3.63, 3.8) is 0 Å². The smallest absolute Gasteiger partial charge is 0.450 e. The molecule has 0 aromatic rings. The van der Waals surface area contributed by atoms with Gasteiger partial charge in [0.05, 0.1) is 0 Å². The lowest BCUT2D eigenvalue weighted by molar-refractivity contribution is 0.103. The van der Waals surface area contributed by atoms with Gasteiger partial charge in [-0.15, -0.1) is 25.3 Å². The second kappa shape index (κ2) is 3.04. The number of carboxylic acid groups (broad SMARTS) is 1. The van der Waals surface area contributed by atoms with Crippen LogP contribution in [-0.2, 0) is 4.74 Å². The van der Waals surface area contributed by atoms with Gasteiger partial charge < -0.3 is 9.84 Å². The van der Waals surface area contributed by atoms with Crippen molar-refractivity contribution in [1.82, 2.24) is 0 Å². The van der Waals surface area contributed by atoms with E-state index in [1.807, 2.05) is 0 Å². The maximum atomic E-state index is 9.49. The van der Waals surface area contributed by atoms with Gasteiger partial charge in [-0.2, -0.15) is 0 Å². The molecular weight excluding hydrogens is 136 g/mol. The monoisotopic (exact) mass is 140 g/mol. The summed E-state index contributed by atoms with van der Waals surface area (Å²) in [5, 5.41) is 7.76. The third kappa shape index (κ3) is 5.97. The molecular formula is C2H4O3S2. The average molecular weight is 140 g/mol. The predicted molar refractivity (Wildman–Crippen MR) is 30.9 cm³/mol. The van der Waals surface area contributed by atoms with Gasteiger partial charge in [-0.05, 0) is 0 Å². The van der Waals surface area contributed by atoms with Crippen LogP contribution in [0.15, 0.2) is 0 Å². The SMILES string of the molecule is O=C(O)OC(S)S. The maximum Gasteiger partial charge on any atom is 0.507 e. The molecule has 0 unspecified atom stereocenters. The molecule has 7 heavy (non-hydrogen) atoms. The van der Waals surface area contributed by atoms with E-state index in [0.29, 0.717) is 0 Å². The van der Waals surface area contributed by atoms with E-state index < -0.39 is 10.9 Å². The second-order valence-corrected chi connectivity index (χ2v) is 2.06. The number of hydrogen-bond donors (Lipinski definition) is 3. The number of carbonyl (C=O) groups is 1. The Balaban J connectivity index is 3.13. The highest BCUT2D eigenvalue weighted by Crippen LogP contribution is 2.00. The molecule has 5 heteroatoms. The zero-order chi connectivity index (χ0) is 5.86. The molecule has 0 aromatic heterocycles. The minimum absolute atomic E-state index is 0.836. The average Bonchev–Trinajstić information content (AvgIpc) is 1.27. The first kappa shape index (κ1) is 6.97. The summed E-state index contributed by atoms with van der Waals surface area (Å²) in [6, 6.07) is 0. The molecule has 0 atom stereocenters. The minimum atomic E-state index is -1.37. The Morgan fingerprint density at radius 3 is 2.14 bits per heavy atom. The van der Waals surface area contributed by atoms with Crippen molar-refractivity contribution in [2.24, 2.45) is 0 Å². The van der Waals surface area contributed by atoms with Crippen LogP contribution in [0.25, 0.3) is 0 Å². The molecule has 0 aliphatic heterocycles. The molecule has 0 amide bonds. The van der Waals surface area contributed by atoms with Gasteiger partial charge in [-0.25, -0.2) is 4.79 Å². The summed E-state index contributed by atoms with van der Waals surface area (Å²) < 4.78 is 3.06. The Kier molecular flexibility index (Phi) is 3.02. The fourth-order valence-corrected chi connectivity index (χ4v) is 0.271. The van der Waals surface area contributed by atoms with Crippen molar-refractivity contribution >= 4 is 31.4 Å². The van der Waals surface area contributed by atoms with Crippen molar-refractivity contribution in [3.8, 4) is 0 Å². The Labute approximate surface area is 51.5 Å². The lowest BCUT2D eigenvalue weighted by Crippen LogP contribution is -2.03. The van der Waals surface area contributed by atoms with Crippen LogP contribution in [0, 0.1) is 0 Å². The third-order valence-electron chi connectivity index (χ3n) is 0.206. The largest absolute Gasteiger partial charge is 0.507 e.